The van der Waals surface area contributed by atoms with Gasteiger partial charge in [0.1, 0.15) is 0 Å². The molecule has 0 bridgehead atoms. The standard InChI is InChI=1S/C21H18ClF3N4O/c22-17-4-6-18(7-5-17)29-14-15(13-26-29)20(30)28-10-8-27(9-11-28)19-3-1-2-16(12-19)21(23,24)25/h1-7,12-14H,8-11H2. The predicted molar refractivity (Wildman–Crippen MR) is 108 cm³/mol. The third-order valence-electron chi connectivity index (χ3n) is 5.03. The van der Waals surface area contributed by atoms with Crippen molar-refractivity contribution in [2.75, 3.05) is 31.1 Å². The number of piperazine rings is 1. The second kappa shape index (κ2) is 8.02. The van der Waals surface area contributed by atoms with Crippen LogP contribution < -0.4 is 4.90 Å². The molecule has 1 aromatic heterocycles. The molecule has 5 nitrogen and oxygen atoms in total. The first-order valence-electron chi connectivity index (χ1n) is 9.33. The molecule has 1 fully saturated rings. The van der Waals surface area contributed by atoms with Crippen molar-refractivity contribution >= 4 is 23.2 Å². The van der Waals surface area contributed by atoms with Gasteiger partial charge in [-0.15, -0.1) is 0 Å². The molecule has 1 saturated heterocycles. The van der Waals surface area contributed by atoms with Crippen LogP contribution in [0.2, 0.25) is 5.02 Å². The third-order valence-corrected chi connectivity index (χ3v) is 5.28. The minimum atomic E-state index is -4.38. The molecule has 4 rings (SSSR count). The quantitative estimate of drug-likeness (QED) is 0.609. The van der Waals surface area contributed by atoms with Crippen molar-refractivity contribution in [2.24, 2.45) is 0 Å². The van der Waals surface area contributed by atoms with Gasteiger partial charge in [0.25, 0.3) is 5.91 Å². The molecule has 30 heavy (non-hydrogen) atoms. The van der Waals surface area contributed by atoms with Gasteiger partial charge in [0, 0.05) is 43.1 Å². The maximum Gasteiger partial charge on any atom is 0.416 e. The monoisotopic (exact) mass is 434 g/mol. The summed E-state index contributed by atoms with van der Waals surface area (Å²) in [5, 5.41) is 4.85. The van der Waals surface area contributed by atoms with E-state index in [1.54, 1.807) is 46.1 Å². The van der Waals surface area contributed by atoms with Crippen LogP contribution in [0, 0.1) is 0 Å². The lowest BCUT2D eigenvalue weighted by atomic mass is 10.1. The van der Waals surface area contributed by atoms with Crippen molar-refractivity contribution in [3.63, 3.8) is 0 Å². The summed E-state index contributed by atoms with van der Waals surface area (Å²) in [5.41, 5.74) is 1.07. The van der Waals surface area contributed by atoms with E-state index >= 15 is 0 Å². The molecule has 0 N–H and O–H groups in total. The number of carbonyl (C=O) groups excluding carboxylic acids is 1. The van der Waals surface area contributed by atoms with Crippen LogP contribution >= 0.6 is 11.6 Å². The zero-order valence-corrected chi connectivity index (χ0v) is 16.6. The molecular formula is C21H18ClF3N4O. The van der Waals surface area contributed by atoms with E-state index in [2.05, 4.69) is 5.10 Å². The second-order valence-corrected chi connectivity index (χ2v) is 7.41. The van der Waals surface area contributed by atoms with Crippen LogP contribution in [-0.4, -0.2) is 46.8 Å². The number of nitrogens with zero attached hydrogens (tertiary/aromatic N) is 4. The molecule has 0 spiro atoms. The van der Waals surface area contributed by atoms with E-state index in [4.69, 9.17) is 11.6 Å². The number of anilines is 1. The van der Waals surface area contributed by atoms with Crippen LogP contribution in [0.15, 0.2) is 60.9 Å². The molecule has 9 heteroatoms. The highest BCUT2D eigenvalue weighted by Crippen LogP contribution is 2.32. The Balaban J connectivity index is 1.41. The van der Waals surface area contributed by atoms with Crippen LogP contribution in [0.3, 0.4) is 0 Å². The molecule has 156 valence electrons. The van der Waals surface area contributed by atoms with E-state index in [0.29, 0.717) is 42.5 Å². The van der Waals surface area contributed by atoms with Crippen LogP contribution in [-0.2, 0) is 6.18 Å². The summed E-state index contributed by atoms with van der Waals surface area (Å²) >= 11 is 5.89. The van der Waals surface area contributed by atoms with Crippen molar-refractivity contribution < 1.29 is 18.0 Å². The van der Waals surface area contributed by atoms with Gasteiger partial charge in [-0.25, -0.2) is 4.68 Å². The number of alkyl halides is 3. The topological polar surface area (TPSA) is 41.4 Å². The predicted octanol–water partition coefficient (Wildman–Crippen LogP) is 4.51. The number of hydrogen-bond donors (Lipinski definition) is 0. The Morgan fingerprint density at radius 1 is 0.967 bits per heavy atom. The number of carbonyl (C=O) groups is 1. The molecule has 2 heterocycles. The average Bonchev–Trinajstić information content (AvgIpc) is 3.24. The van der Waals surface area contributed by atoms with Crippen LogP contribution in [0.4, 0.5) is 18.9 Å². The Bertz CT molecular complexity index is 1040. The lowest BCUT2D eigenvalue weighted by molar-refractivity contribution is -0.137. The molecule has 0 atom stereocenters. The highest BCUT2D eigenvalue weighted by molar-refractivity contribution is 6.30. The smallest absolute Gasteiger partial charge is 0.368 e. The molecule has 2 aromatic carbocycles. The van der Waals surface area contributed by atoms with Gasteiger partial charge < -0.3 is 9.80 Å². The van der Waals surface area contributed by atoms with Gasteiger partial charge in [0.05, 0.1) is 23.0 Å². The van der Waals surface area contributed by atoms with E-state index in [-0.39, 0.29) is 5.91 Å². The summed E-state index contributed by atoms with van der Waals surface area (Å²) in [7, 11) is 0. The molecule has 0 saturated carbocycles. The van der Waals surface area contributed by atoms with Gasteiger partial charge in [-0.3, -0.25) is 4.79 Å². The Labute approximate surface area is 176 Å². The minimum absolute atomic E-state index is 0.154. The summed E-state index contributed by atoms with van der Waals surface area (Å²) < 4.78 is 40.4. The Morgan fingerprint density at radius 3 is 2.33 bits per heavy atom. The molecule has 3 aromatic rings. The van der Waals surface area contributed by atoms with E-state index in [1.165, 1.54) is 12.3 Å². The van der Waals surface area contributed by atoms with Crippen molar-refractivity contribution in [2.45, 2.75) is 6.18 Å². The molecule has 1 aliphatic heterocycles. The SMILES string of the molecule is O=C(c1cnn(-c2ccc(Cl)cc2)c1)N1CCN(c2cccc(C(F)(F)F)c2)CC1. The fraction of sp³-hybridized carbons (Fsp3) is 0.238. The summed E-state index contributed by atoms with van der Waals surface area (Å²) in [4.78, 5) is 16.4. The number of aromatic nitrogens is 2. The van der Waals surface area contributed by atoms with Crippen molar-refractivity contribution in [1.29, 1.82) is 0 Å². The van der Waals surface area contributed by atoms with Gasteiger partial charge in [-0.1, -0.05) is 17.7 Å². The zero-order chi connectivity index (χ0) is 21.3. The van der Waals surface area contributed by atoms with Crippen molar-refractivity contribution in [1.82, 2.24) is 14.7 Å². The summed E-state index contributed by atoms with van der Waals surface area (Å²) in [5.74, 6) is -0.154. The maximum absolute atomic E-state index is 12.9. The highest BCUT2D eigenvalue weighted by Gasteiger charge is 2.31. The first kappa shape index (κ1) is 20.3. The fourth-order valence-electron chi connectivity index (χ4n) is 3.40. The van der Waals surface area contributed by atoms with Crippen molar-refractivity contribution in [3.05, 3.63) is 77.1 Å². The number of halogens is 4. The number of benzene rings is 2. The lowest BCUT2D eigenvalue weighted by Crippen LogP contribution is -2.48. The molecule has 0 unspecified atom stereocenters. The van der Waals surface area contributed by atoms with E-state index < -0.39 is 11.7 Å². The average molecular weight is 435 g/mol. The first-order chi connectivity index (χ1) is 14.3. The Morgan fingerprint density at radius 2 is 1.67 bits per heavy atom. The fourth-order valence-corrected chi connectivity index (χ4v) is 3.52. The largest absolute Gasteiger partial charge is 0.416 e. The first-order valence-corrected chi connectivity index (χ1v) is 9.71. The summed E-state index contributed by atoms with van der Waals surface area (Å²) in [6.45, 7) is 1.75. The van der Waals surface area contributed by atoms with E-state index in [9.17, 15) is 18.0 Å². The molecular weight excluding hydrogens is 417 g/mol. The molecule has 1 amide bonds. The van der Waals surface area contributed by atoms with E-state index in [0.717, 1.165) is 17.8 Å². The maximum atomic E-state index is 12.9. The third kappa shape index (κ3) is 4.28. The summed E-state index contributed by atoms with van der Waals surface area (Å²) in [6, 6.07) is 12.4. The van der Waals surface area contributed by atoms with Crippen molar-refractivity contribution in [3.8, 4) is 5.69 Å². The van der Waals surface area contributed by atoms with Gasteiger partial charge in [-0.05, 0) is 42.5 Å². The minimum Gasteiger partial charge on any atom is -0.368 e. The Kier molecular flexibility index (Phi) is 5.42. The van der Waals surface area contributed by atoms with Crippen LogP contribution in [0.25, 0.3) is 5.69 Å². The van der Waals surface area contributed by atoms with Gasteiger partial charge >= 0.3 is 6.18 Å². The van der Waals surface area contributed by atoms with Crippen LogP contribution in [0.1, 0.15) is 15.9 Å². The van der Waals surface area contributed by atoms with E-state index in [1.807, 2.05) is 4.90 Å². The normalized spacial score (nSPS) is 14.8. The number of hydrogen-bond acceptors (Lipinski definition) is 3. The van der Waals surface area contributed by atoms with Crippen LogP contribution in [0.5, 0.6) is 0 Å². The number of amides is 1. The second-order valence-electron chi connectivity index (χ2n) is 6.98. The van der Waals surface area contributed by atoms with Gasteiger partial charge in [0.15, 0.2) is 0 Å². The lowest BCUT2D eigenvalue weighted by Gasteiger charge is -2.36. The molecule has 0 aliphatic carbocycles. The zero-order valence-electron chi connectivity index (χ0n) is 15.8. The Hall–Kier alpha value is -3.00. The van der Waals surface area contributed by atoms with Gasteiger partial charge in [-0.2, -0.15) is 18.3 Å². The molecule has 1 aliphatic rings. The number of rotatable bonds is 3. The highest BCUT2D eigenvalue weighted by atomic mass is 35.5. The van der Waals surface area contributed by atoms with Gasteiger partial charge in [0.2, 0.25) is 0 Å². The molecule has 0 radical (unpaired) electrons. The summed E-state index contributed by atoms with van der Waals surface area (Å²) in [6.07, 6.45) is -1.21.